The first-order chi connectivity index (χ1) is 7.86. The number of carboxylic acid groups (broad SMARTS) is 1. The van der Waals surface area contributed by atoms with Gasteiger partial charge in [0.1, 0.15) is 6.10 Å². The summed E-state index contributed by atoms with van der Waals surface area (Å²) in [7, 11) is 0. The van der Waals surface area contributed by atoms with Crippen LogP contribution >= 0.6 is 11.6 Å². The van der Waals surface area contributed by atoms with Gasteiger partial charge in [-0.25, -0.2) is 4.79 Å². The van der Waals surface area contributed by atoms with Crippen LogP contribution in [-0.2, 0) is 4.79 Å². The van der Waals surface area contributed by atoms with Crippen LogP contribution in [0.2, 0.25) is 5.02 Å². The van der Waals surface area contributed by atoms with Gasteiger partial charge in [-0.1, -0.05) is 23.7 Å². The van der Waals surface area contributed by atoms with E-state index in [0.29, 0.717) is 0 Å². The van der Waals surface area contributed by atoms with E-state index in [1.54, 1.807) is 0 Å². The number of rotatable bonds is 4. The summed E-state index contributed by atoms with van der Waals surface area (Å²) in [6.07, 6.45) is -3.64. The van der Waals surface area contributed by atoms with E-state index in [1.807, 2.05) is 0 Å². The fourth-order valence-electron chi connectivity index (χ4n) is 1.34. The van der Waals surface area contributed by atoms with Crippen LogP contribution in [0.3, 0.4) is 0 Å². The molecule has 2 atom stereocenters. The number of aliphatic hydroxyl groups is 2. The maximum absolute atomic E-state index is 10.9. The van der Waals surface area contributed by atoms with Crippen molar-refractivity contribution in [2.24, 2.45) is 5.73 Å². The summed E-state index contributed by atoms with van der Waals surface area (Å²) in [4.78, 5) is 21.7. The van der Waals surface area contributed by atoms with Gasteiger partial charge in [0.25, 0.3) is 0 Å². The van der Waals surface area contributed by atoms with Gasteiger partial charge < -0.3 is 21.1 Å². The van der Waals surface area contributed by atoms with Gasteiger partial charge >= 0.3 is 5.97 Å². The van der Waals surface area contributed by atoms with Crippen molar-refractivity contribution in [2.45, 2.75) is 12.2 Å². The molecule has 0 bridgehead atoms. The van der Waals surface area contributed by atoms with E-state index < -0.39 is 24.1 Å². The lowest BCUT2D eigenvalue weighted by atomic mass is 9.98. The van der Waals surface area contributed by atoms with Crippen LogP contribution in [0, 0.1) is 0 Å². The zero-order chi connectivity index (χ0) is 13.2. The number of aromatic carboxylic acids is 1. The van der Waals surface area contributed by atoms with Crippen molar-refractivity contribution in [3.05, 3.63) is 34.3 Å². The van der Waals surface area contributed by atoms with Gasteiger partial charge in [0, 0.05) is 0 Å². The number of amides is 1. The van der Waals surface area contributed by atoms with E-state index in [4.69, 9.17) is 22.4 Å². The maximum Gasteiger partial charge on any atom is 0.337 e. The van der Waals surface area contributed by atoms with Gasteiger partial charge in [-0.3, -0.25) is 4.79 Å². The number of aliphatic hydroxyl groups excluding tert-OH is 2. The number of benzene rings is 1. The third kappa shape index (κ3) is 2.73. The molecule has 5 N–H and O–H groups in total. The number of primary amides is 1. The molecule has 7 heteroatoms. The highest BCUT2D eigenvalue weighted by Gasteiger charge is 2.28. The highest BCUT2D eigenvalue weighted by atomic mass is 35.5. The summed E-state index contributed by atoms with van der Waals surface area (Å²) in [5.74, 6) is -2.53. The second-order valence-corrected chi connectivity index (χ2v) is 3.71. The van der Waals surface area contributed by atoms with Crippen LogP contribution in [0.1, 0.15) is 22.0 Å². The number of hydrogen-bond donors (Lipinski definition) is 4. The lowest BCUT2D eigenvalue weighted by Crippen LogP contribution is -2.34. The molecule has 0 fully saturated rings. The largest absolute Gasteiger partial charge is 0.478 e. The van der Waals surface area contributed by atoms with Gasteiger partial charge in [-0.15, -0.1) is 0 Å². The molecule has 0 aliphatic carbocycles. The molecule has 0 aliphatic heterocycles. The molecule has 0 saturated heterocycles. The lowest BCUT2D eigenvalue weighted by molar-refractivity contribution is -0.132. The topological polar surface area (TPSA) is 121 Å². The highest BCUT2D eigenvalue weighted by Crippen LogP contribution is 2.27. The van der Waals surface area contributed by atoms with Gasteiger partial charge in [0.05, 0.1) is 10.6 Å². The van der Waals surface area contributed by atoms with Gasteiger partial charge in [-0.05, 0) is 11.6 Å². The maximum atomic E-state index is 10.9. The van der Waals surface area contributed by atoms with E-state index >= 15 is 0 Å². The second-order valence-electron chi connectivity index (χ2n) is 3.30. The number of carboxylic acids is 1. The fraction of sp³-hybridized carbons (Fsp3) is 0.200. The molecule has 0 radical (unpaired) electrons. The quantitative estimate of drug-likeness (QED) is 0.602. The Hall–Kier alpha value is -1.63. The SMILES string of the molecule is NC(=O)C(O)C(O)c1cccc(Cl)c1C(=O)O. The van der Waals surface area contributed by atoms with Crippen molar-refractivity contribution < 1.29 is 24.9 Å². The Morgan fingerprint density at radius 1 is 1.29 bits per heavy atom. The summed E-state index contributed by atoms with van der Waals surface area (Å²) >= 11 is 5.66. The molecule has 0 spiro atoms. The van der Waals surface area contributed by atoms with Crippen molar-refractivity contribution in [3.63, 3.8) is 0 Å². The Bertz CT molecular complexity index is 462. The molecule has 17 heavy (non-hydrogen) atoms. The zero-order valence-electron chi connectivity index (χ0n) is 8.50. The van der Waals surface area contributed by atoms with Crippen LogP contribution in [0.5, 0.6) is 0 Å². The van der Waals surface area contributed by atoms with Crippen molar-refractivity contribution in [2.75, 3.05) is 0 Å². The molecule has 0 aliphatic rings. The summed E-state index contributed by atoms with van der Waals surface area (Å²) in [5.41, 5.74) is 4.27. The third-order valence-corrected chi connectivity index (χ3v) is 2.48. The average molecular weight is 260 g/mol. The molecule has 6 nitrogen and oxygen atoms in total. The van der Waals surface area contributed by atoms with E-state index in [9.17, 15) is 19.8 Å². The summed E-state index contributed by atoms with van der Waals surface area (Å²) in [6, 6.07) is 3.95. The Morgan fingerprint density at radius 3 is 2.35 bits per heavy atom. The standard InChI is InChI=1S/C10H10ClNO5/c11-5-3-1-2-4(6(5)10(16)17)7(13)8(14)9(12)15/h1-3,7-8,13-14H,(H2,12,15)(H,16,17). The van der Waals surface area contributed by atoms with E-state index in [2.05, 4.69) is 0 Å². The van der Waals surface area contributed by atoms with Crippen LogP contribution in [0.4, 0.5) is 0 Å². The number of carbonyl (C=O) groups is 2. The number of nitrogens with two attached hydrogens (primary N) is 1. The second kappa shape index (κ2) is 5.13. The molecule has 2 unspecified atom stereocenters. The van der Waals surface area contributed by atoms with Crippen LogP contribution in [0.15, 0.2) is 18.2 Å². The average Bonchev–Trinajstić information content (AvgIpc) is 2.25. The van der Waals surface area contributed by atoms with Crippen LogP contribution in [0.25, 0.3) is 0 Å². The molecule has 0 heterocycles. The van der Waals surface area contributed by atoms with Crippen LogP contribution in [-0.4, -0.2) is 33.3 Å². The monoisotopic (exact) mass is 259 g/mol. The van der Waals surface area contributed by atoms with Crippen molar-refractivity contribution >= 4 is 23.5 Å². The molecular weight excluding hydrogens is 250 g/mol. The minimum Gasteiger partial charge on any atom is -0.478 e. The first-order valence-electron chi connectivity index (χ1n) is 4.53. The Morgan fingerprint density at radius 2 is 1.88 bits per heavy atom. The Balaban J connectivity index is 3.26. The fourth-order valence-corrected chi connectivity index (χ4v) is 1.60. The molecule has 92 valence electrons. The molecule has 1 rings (SSSR count). The summed E-state index contributed by atoms with van der Waals surface area (Å²) < 4.78 is 0. The van der Waals surface area contributed by atoms with Crippen molar-refractivity contribution in [1.29, 1.82) is 0 Å². The molecule has 1 amide bonds. The molecule has 0 aromatic heterocycles. The summed E-state index contributed by atoms with van der Waals surface area (Å²) in [6.45, 7) is 0. The third-order valence-electron chi connectivity index (χ3n) is 2.17. The normalized spacial score (nSPS) is 14.1. The first-order valence-corrected chi connectivity index (χ1v) is 4.91. The van der Waals surface area contributed by atoms with E-state index in [0.717, 1.165) is 0 Å². The smallest absolute Gasteiger partial charge is 0.337 e. The molecule has 1 aromatic carbocycles. The number of halogens is 1. The van der Waals surface area contributed by atoms with Gasteiger partial charge in [-0.2, -0.15) is 0 Å². The summed E-state index contributed by atoms with van der Waals surface area (Å²) in [5, 5.41) is 27.7. The minimum atomic E-state index is -1.90. The molecule has 0 saturated carbocycles. The predicted octanol–water partition coefficient (Wildman–Crippen LogP) is -0.0822. The van der Waals surface area contributed by atoms with E-state index in [1.165, 1.54) is 18.2 Å². The van der Waals surface area contributed by atoms with Gasteiger partial charge in [0.15, 0.2) is 6.10 Å². The molecule has 1 aromatic rings. The first kappa shape index (κ1) is 13.4. The van der Waals surface area contributed by atoms with Crippen molar-refractivity contribution in [1.82, 2.24) is 0 Å². The Labute approximate surface area is 101 Å². The van der Waals surface area contributed by atoms with Crippen LogP contribution < -0.4 is 5.73 Å². The van der Waals surface area contributed by atoms with Crippen molar-refractivity contribution in [3.8, 4) is 0 Å². The minimum absolute atomic E-state index is 0.106. The highest BCUT2D eigenvalue weighted by molar-refractivity contribution is 6.33. The lowest BCUT2D eigenvalue weighted by Gasteiger charge is -2.17. The zero-order valence-corrected chi connectivity index (χ0v) is 9.26. The van der Waals surface area contributed by atoms with Gasteiger partial charge in [0.2, 0.25) is 5.91 Å². The number of carbonyl (C=O) groups excluding carboxylic acids is 1. The molecular formula is C10H10ClNO5. The predicted molar refractivity (Wildman–Crippen MR) is 58.6 cm³/mol. The Kier molecular flexibility index (Phi) is 4.06. The van der Waals surface area contributed by atoms with E-state index in [-0.39, 0.29) is 16.1 Å². The number of hydrogen-bond acceptors (Lipinski definition) is 4.